The lowest BCUT2D eigenvalue weighted by Crippen LogP contribution is -2.55. The number of piperazine rings is 1. The number of hydrogen-bond donors (Lipinski definition) is 2. The Bertz CT molecular complexity index is 1590. The monoisotopic (exact) mass is 526 g/mol. The number of hydrogen-bond acceptors (Lipinski definition) is 7. The molecule has 0 bridgehead atoms. The zero-order chi connectivity index (χ0) is 25.1. The van der Waals surface area contributed by atoms with Gasteiger partial charge in [0.15, 0.2) is 0 Å². The maximum Gasteiger partial charge on any atom is 0.350 e. The molecule has 2 aromatic carbocycles. The van der Waals surface area contributed by atoms with Crippen molar-refractivity contribution in [3.8, 4) is 11.1 Å². The number of aromatic nitrogens is 4. The molecule has 1 saturated heterocycles. The van der Waals surface area contributed by atoms with Crippen molar-refractivity contribution < 1.29 is 9.50 Å². The normalized spacial score (nSPS) is 19.2. The van der Waals surface area contributed by atoms with Gasteiger partial charge in [0.1, 0.15) is 23.4 Å². The van der Waals surface area contributed by atoms with E-state index in [1.807, 2.05) is 17.9 Å². The lowest BCUT2D eigenvalue weighted by Gasteiger charge is -2.42. The van der Waals surface area contributed by atoms with Crippen LogP contribution in [-0.2, 0) is 6.54 Å². The molecule has 4 aromatic rings. The topological polar surface area (TPSA) is 90.3 Å². The highest BCUT2D eigenvalue weighted by Crippen LogP contribution is 2.47. The highest BCUT2D eigenvalue weighted by atomic mass is 35.5. The summed E-state index contributed by atoms with van der Waals surface area (Å²) in [7, 11) is 0. The second-order valence-electron chi connectivity index (χ2n) is 9.12. The highest BCUT2D eigenvalue weighted by molar-refractivity contribution is 7.99. The standard InChI is InChI=1S/C25H24ClFN6O2S/c1-3-19(34)31-6-7-32(13(2)12-31)24-15-10-17(26)20(14-4-5-18(27)21-16(14)11-28-30-21)23-22(15)33(8-9-36-23)25(35)29-24/h3-5,10-11,13,19,34H,1,6-9,12H2,2H3,(H,28,30)/t13-,19?/m0/s1. The number of halogens is 2. The lowest BCUT2D eigenvalue weighted by atomic mass is 9.99. The number of aliphatic hydroxyl groups is 1. The van der Waals surface area contributed by atoms with E-state index in [4.69, 9.17) is 11.6 Å². The molecule has 1 unspecified atom stereocenters. The van der Waals surface area contributed by atoms with Crippen LogP contribution in [0.25, 0.3) is 32.9 Å². The number of rotatable bonds is 4. The molecule has 0 saturated carbocycles. The summed E-state index contributed by atoms with van der Waals surface area (Å²) < 4.78 is 16.1. The quantitative estimate of drug-likeness (QED) is 0.390. The van der Waals surface area contributed by atoms with Crippen molar-refractivity contribution in [3.05, 3.63) is 58.4 Å². The number of thioether (sulfide) groups is 1. The minimum atomic E-state index is -0.714. The van der Waals surface area contributed by atoms with E-state index < -0.39 is 6.23 Å². The fraction of sp³-hybridized carbons (Fsp3) is 0.320. The maximum absolute atomic E-state index is 14.4. The van der Waals surface area contributed by atoms with E-state index in [1.54, 1.807) is 28.6 Å². The van der Waals surface area contributed by atoms with Crippen LogP contribution < -0.4 is 10.6 Å². The molecular weight excluding hydrogens is 503 g/mol. The van der Waals surface area contributed by atoms with E-state index in [0.29, 0.717) is 53.7 Å². The van der Waals surface area contributed by atoms with Crippen molar-refractivity contribution >= 4 is 51.0 Å². The van der Waals surface area contributed by atoms with Gasteiger partial charge in [0.2, 0.25) is 0 Å². The molecule has 6 rings (SSSR count). The summed E-state index contributed by atoms with van der Waals surface area (Å²) in [5.74, 6) is 0.902. The van der Waals surface area contributed by atoms with Crippen molar-refractivity contribution in [1.82, 2.24) is 24.6 Å². The van der Waals surface area contributed by atoms with Gasteiger partial charge in [-0.25, -0.2) is 9.18 Å². The number of nitrogens with one attached hydrogen (secondary N) is 1. The van der Waals surface area contributed by atoms with E-state index >= 15 is 0 Å². The minimum Gasteiger partial charge on any atom is -0.375 e. The Morgan fingerprint density at radius 3 is 2.94 bits per heavy atom. The molecule has 2 N–H and O–H groups in total. The Kier molecular flexibility index (Phi) is 5.79. The molecule has 4 heterocycles. The van der Waals surface area contributed by atoms with Gasteiger partial charge < -0.3 is 10.0 Å². The van der Waals surface area contributed by atoms with Crippen LogP contribution in [0.1, 0.15) is 6.92 Å². The van der Waals surface area contributed by atoms with Crippen LogP contribution in [-0.4, -0.2) is 67.4 Å². The second-order valence-corrected chi connectivity index (χ2v) is 10.6. The number of benzene rings is 2. The van der Waals surface area contributed by atoms with Gasteiger partial charge in [-0.1, -0.05) is 24.2 Å². The first-order valence-electron chi connectivity index (χ1n) is 11.7. The van der Waals surface area contributed by atoms with Gasteiger partial charge in [0.25, 0.3) is 0 Å². The van der Waals surface area contributed by atoms with Crippen molar-refractivity contribution in [2.45, 2.75) is 30.6 Å². The summed E-state index contributed by atoms with van der Waals surface area (Å²) in [6, 6.07) is 4.98. The number of anilines is 1. The second kappa shape index (κ2) is 8.88. The van der Waals surface area contributed by atoms with Gasteiger partial charge in [-0.05, 0) is 30.7 Å². The number of aliphatic hydroxyl groups excluding tert-OH is 1. The molecule has 8 nitrogen and oxygen atoms in total. The van der Waals surface area contributed by atoms with Crippen LogP contribution in [0.5, 0.6) is 0 Å². The fourth-order valence-corrected chi connectivity index (χ4v) is 6.89. The molecule has 2 aliphatic rings. The fourth-order valence-electron chi connectivity index (χ4n) is 5.33. The first-order chi connectivity index (χ1) is 17.4. The average molecular weight is 527 g/mol. The van der Waals surface area contributed by atoms with Crippen LogP contribution in [0.3, 0.4) is 0 Å². The van der Waals surface area contributed by atoms with Crippen LogP contribution in [0.15, 0.2) is 46.7 Å². The summed E-state index contributed by atoms with van der Waals surface area (Å²) >= 11 is 8.59. The van der Waals surface area contributed by atoms with Crippen LogP contribution in [0.4, 0.5) is 10.2 Å². The van der Waals surface area contributed by atoms with Gasteiger partial charge in [-0.2, -0.15) is 10.1 Å². The van der Waals surface area contributed by atoms with Gasteiger partial charge >= 0.3 is 5.69 Å². The van der Waals surface area contributed by atoms with E-state index in [-0.39, 0.29) is 17.5 Å². The molecule has 11 heteroatoms. The molecular formula is C25H24ClFN6O2S. The number of aromatic amines is 1. The SMILES string of the molecule is C=CC(O)N1CCN(c2nc(=O)n3c4c(c(-c5ccc(F)c6[nH]ncc56)c(Cl)cc24)SCC3)[C@@H](C)C1. The van der Waals surface area contributed by atoms with E-state index in [1.165, 1.54) is 12.1 Å². The predicted octanol–water partition coefficient (Wildman–Crippen LogP) is 3.85. The van der Waals surface area contributed by atoms with Gasteiger partial charge in [0.05, 0.1) is 16.7 Å². The number of H-pyrrole nitrogens is 1. The smallest absolute Gasteiger partial charge is 0.350 e. The van der Waals surface area contributed by atoms with Gasteiger partial charge in [-0.3, -0.25) is 14.6 Å². The third-order valence-corrected chi connectivity index (χ3v) is 8.43. The first kappa shape index (κ1) is 23.5. The van der Waals surface area contributed by atoms with Crippen molar-refractivity contribution in [2.24, 2.45) is 0 Å². The maximum atomic E-state index is 14.4. The molecule has 2 atom stereocenters. The molecule has 36 heavy (non-hydrogen) atoms. The van der Waals surface area contributed by atoms with Crippen LogP contribution in [0, 0.1) is 5.82 Å². The first-order valence-corrected chi connectivity index (χ1v) is 13.1. The number of nitrogens with zero attached hydrogens (tertiary/aromatic N) is 5. The zero-order valence-corrected chi connectivity index (χ0v) is 21.1. The summed E-state index contributed by atoms with van der Waals surface area (Å²) in [5.41, 5.74) is 2.33. The molecule has 1 fully saturated rings. The van der Waals surface area contributed by atoms with Crippen LogP contribution in [0.2, 0.25) is 5.02 Å². The third kappa shape index (κ3) is 3.54. The average Bonchev–Trinajstić information content (AvgIpc) is 3.38. The van der Waals surface area contributed by atoms with Crippen LogP contribution >= 0.6 is 23.4 Å². The van der Waals surface area contributed by atoms with Gasteiger partial charge in [-0.15, -0.1) is 11.8 Å². The summed E-state index contributed by atoms with van der Waals surface area (Å²) in [5, 5.41) is 18.9. The molecule has 2 aliphatic heterocycles. The summed E-state index contributed by atoms with van der Waals surface area (Å²) in [6.45, 7) is 8.07. The van der Waals surface area contributed by atoms with E-state index in [0.717, 1.165) is 26.9 Å². The minimum absolute atomic E-state index is 0.000510. The molecule has 0 spiro atoms. The Hall–Kier alpha value is -2.92. The molecule has 0 amide bonds. The molecule has 2 aromatic heterocycles. The third-order valence-electron chi connectivity index (χ3n) is 7.06. The largest absolute Gasteiger partial charge is 0.375 e. The molecule has 186 valence electrons. The Morgan fingerprint density at radius 2 is 2.17 bits per heavy atom. The van der Waals surface area contributed by atoms with Gasteiger partial charge in [0, 0.05) is 59.2 Å². The van der Waals surface area contributed by atoms with Crippen molar-refractivity contribution in [3.63, 3.8) is 0 Å². The Morgan fingerprint density at radius 1 is 1.33 bits per heavy atom. The van der Waals surface area contributed by atoms with Crippen molar-refractivity contribution in [2.75, 3.05) is 30.3 Å². The summed E-state index contributed by atoms with van der Waals surface area (Å²) in [4.78, 5) is 22.7. The Balaban J connectivity index is 1.56. The molecule has 0 radical (unpaired) electrons. The number of aryl methyl sites for hydroxylation is 1. The summed E-state index contributed by atoms with van der Waals surface area (Å²) in [6.07, 6.45) is 2.40. The lowest BCUT2D eigenvalue weighted by molar-refractivity contribution is 0.0296. The predicted molar refractivity (Wildman–Crippen MR) is 141 cm³/mol. The van der Waals surface area contributed by atoms with E-state index in [2.05, 4.69) is 26.7 Å². The number of fused-ring (bicyclic) bond motifs is 1. The highest BCUT2D eigenvalue weighted by Gasteiger charge is 2.31. The van der Waals surface area contributed by atoms with E-state index in [9.17, 15) is 14.3 Å². The van der Waals surface area contributed by atoms with Crippen molar-refractivity contribution in [1.29, 1.82) is 0 Å². The molecule has 0 aliphatic carbocycles. The Labute approximate surface area is 215 Å². The zero-order valence-electron chi connectivity index (χ0n) is 19.5.